The first-order chi connectivity index (χ1) is 9.43. The minimum Gasteiger partial charge on any atom is -0.489 e. The van der Waals surface area contributed by atoms with Crippen molar-refractivity contribution in [1.82, 2.24) is 4.90 Å². The van der Waals surface area contributed by atoms with Crippen molar-refractivity contribution in [2.24, 2.45) is 0 Å². The van der Waals surface area contributed by atoms with Gasteiger partial charge >= 0.3 is 0 Å². The molecule has 0 aliphatic heterocycles. The van der Waals surface area contributed by atoms with Crippen molar-refractivity contribution in [3.63, 3.8) is 0 Å². The molecule has 0 radical (unpaired) electrons. The molecule has 5 nitrogen and oxygen atoms in total. The van der Waals surface area contributed by atoms with Gasteiger partial charge in [0.1, 0.15) is 0 Å². The molecule has 1 rings (SSSR count). The van der Waals surface area contributed by atoms with E-state index in [-0.39, 0.29) is 23.1 Å². The van der Waals surface area contributed by atoms with Crippen LogP contribution in [-0.4, -0.2) is 51.3 Å². The Labute approximate surface area is 120 Å². The van der Waals surface area contributed by atoms with Crippen LogP contribution < -0.4 is 0 Å². The zero-order chi connectivity index (χ0) is 15.3. The maximum atomic E-state index is 12.3. The quantitative estimate of drug-likeness (QED) is 0.525. The van der Waals surface area contributed by atoms with Crippen LogP contribution >= 0.6 is 0 Å². The van der Waals surface area contributed by atoms with Crippen molar-refractivity contribution in [3.05, 3.63) is 22.7 Å². The molecule has 0 fully saturated rings. The number of ether oxygens (including phenoxy) is 2. The molecule has 0 saturated carbocycles. The fourth-order valence-corrected chi connectivity index (χ4v) is 2.22. The lowest BCUT2D eigenvalue weighted by Crippen LogP contribution is -2.25. The molecule has 112 valence electrons. The number of Topliss-reactive ketones (excluding diaryl/α,β-unsaturated/α-hetero) is 2. The lowest BCUT2D eigenvalue weighted by atomic mass is 9.90. The molecule has 0 amide bonds. The average molecular weight is 281 g/mol. The third kappa shape index (κ3) is 3.48. The topological polar surface area (TPSA) is 55.8 Å². The number of hydrogen-bond donors (Lipinski definition) is 0. The average Bonchev–Trinajstić information content (AvgIpc) is 2.41. The van der Waals surface area contributed by atoms with E-state index in [1.54, 1.807) is 6.92 Å². The molecule has 0 aromatic heterocycles. The van der Waals surface area contributed by atoms with Gasteiger partial charge in [-0.2, -0.15) is 0 Å². The third-order valence-corrected chi connectivity index (χ3v) is 3.38. The summed E-state index contributed by atoms with van der Waals surface area (Å²) >= 11 is 0. The second-order valence-corrected chi connectivity index (χ2v) is 5.09. The normalized spacial score (nSPS) is 16.3. The lowest BCUT2D eigenvalue weighted by Gasteiger charge is -2.20. The van der Waals surface area contributed by atoms with Gasteiger partial charge < -0.3 is 14.4 Å². The van der Waals surface area contributed by atoms with E-state index >= 15 is 0 Å². The molecular weight excluding hydrogens is 258 g/mol. The molecule has 0 unspecified atom stereocenters. The van der Waals surface area contributed by atoms with Crippen molar-refractivity contribution in [2.45, 2.75) is 26.2 Å². The van der Waals surface area contributed by atoms with E-state index in [0.717, 1.165) is 19.4 Å². The number of methoxy groups -OCH3 is 2. The maximum Gasteiger partial charge on any atom is 0.228 e. The van der Waals surface area contributed by atoms with Gasteiger partial charge in [-0.05, 0) is 46.8 Å². The van der Waals surface area contributed by atoms with Gasteiger partial charge in [-0.25, -0.2) is 0 Å². The summed E-state index contributed by atoms with van der Waals surface area (Å²) in [7, 11) is 6.77. The zero-order valence-electron chi connectivity index (χ0n) is 12.9. The fourth-order valence-electron chi connectivity index (χ4n) is 2.22. The van der Waals surface area contributed by atoms with E-state index in [9.17, 15) is 9.59 Å². The second-order valence-electron chi connectivity index (χ2n) is 5.09. The molecule has 0 heterocycles. The summed E-state index contributed by atoms with van der Waals surface area (Å²) in [6.45, 7) is 2.64. The van der Waals surface area contributed by atoms with Crippen LogP contribution in [0.4, 0.5) is 0 Å². The minimum atomic E-state index is -0.258. The second kappa shape index (κ2) is 7.24. The van der Waals surface area contributed by atoms with Gasteiger partial charge in [0.25, 0.3) is 0 Å². The summed E-state index contributed by atoms with van der Waals surface area (Å²) in [5.41, 5.74) is 1.02. The van der Waals surface area contributed by atoms with Crippen LogP contribution in [0, 0.1) is 0 Å². The number of carbonyl (C=O) groups excluding carboxylic acids is 2. The Bertz CT molecular complexity index is 460. The summed E-state index contributed by atoms with van der Waals surface area (Å²) in [6.07, 6.45) is 2.44. The standard InChI is InChI=1S/C15H23NO4/c1-10-11(8-6-7-9-16(2)3)13(18)15(20-5)14(19-4)12(10)17/h6-9H2,1-5H3. The molecule has 20 heavy (non-hydrogen) atoms. The Kier molecular flexibility index (Phi) is 5.95. The number of nitrogens with zero attached hydrogens (tertiary/aromatic N) is 1. The molecular formula is C15H23NO4. The van der Waals surface area contributed by atoms with Crippen LogP contribution in [-0.2, 0) is 19.1 Å². The van der Waals surface area contributed by atoms with Gasteiger partial charge in [0, 0.05) is 11.1 Å². The lowest BCUT2D eigenvalue weighted by molar-refractivity contribution is -0.121. The Hall–Kier alpha value is -1.62. The Morgan fingerprint density at radius 2 is 1.50 bits per heavy atom. The molecule has 0 N–H and O–H groups in total. The SMILES string of the molecule is COC1=C(OC)C(=O)C(CCCCN(C)C)=C(C)C1=O. The molecule has 5 heteroatoms. The van der Waals surface area contributed by atoms with E-state index in [1.165, 1.54) is 14.2 Å². The minimum absolute atomic E-state index is 0.00652. The van der Waals surface area contributed by atoms with Crippen LogP contribution in [0.15, 0.2) is 22.7 Å². The maximum absolute atomic E-state index is 12.3. The highest BCUT2D eigenvalue weighted by Gasteiger charge is 2.34. The third-order valence-electron chi connectivity index (χ3n) is 3.38. The molecule has 0 aromatic carbocycles. The Morgan fingerprint density at radius 3 is 2.00 bits per heavy atom. The van der Waals surface area contributed by atoms with Crippen LogP contribution in [0.5, 0.6) is 0 Å². The fraction of sp³-hybridized carbons (Fsp3) is 0.600. The van der Waals surface area contributed by atoms with Crippen molar-refractivity contribution in [3.8, 4) is 0 Å². The highest BCUT2D eigenvalue weighted by atomic mass is 16.5. The Balaban J connectivity index is 2.84. The summed E-state index contributed by atoms with van der Waals surface area (Å²) in [4.78, 5) is 26.6. The molecule has 1 aliphatic rings. The molecule has 0 aromatic rings. The molecule has 0 saturated heterocycles. The van der Waals surface area contributed by atoms with Crippen LogP contribution in [0.1, 0.15) is 26.2 Å². The summed E-state index contributed by atoms with van der Waals surface area (Å²) in [5, 5.41) is 0. The van der Waals surface area contributed by atoms with E-state index in [4.69, 9.17) is 9.47 Å². The first-order valence-electron chi connectivity index (χ1n) is 6.70. The van der Waals surface area contributed by atoms with Gasteiger partial charge in [0.05, 0.1) is 14.2 Å². The highest BCUT2D eigenvalue weighted by Crippen LogP contribution is 2.28. The van der Waals surface area contributed by atoms with Gasteiger partial charge in [-0.3, -0.25) is 9.59 Å². The Morgan fingerprint density at radius 1 is 0.950 bits per heavy atom. The molecule has 0 bridgehead atoms. The van der Waals surface area contributed by atoms with Crippen molar-refractivity contribution < 1.29 is 19.1 Å². The van der Waals surface area contributed by atoms with Gasteiger partial charge in [0.15, 0.2) is 0 Å². The van der Waals surface area contributed by atoms with Crippen molar-refractivity contribution in [2.75, 3.05) is 34.9 Å². The number of carbonyl (C=O) groups is 2. The first kappa shape index (κ1) is 16.4. The van der Waals surface area contributed by atoms with Crippen molar-refractivity contribution >= 4 is 11.6 Å². The number of allylic oxidation sites excluding steroid dienone is 2. The summed E-state index contributed by atoms with van der Waals surface area (Å²) in [5.74, 6) is -0.462. The predicted molar refractivity (Wildman–Crippen MR) is 76.2 cm³/mol. The van der Waals surface area contributed by atoms with Gasteiger partial charge in [0.2, 0.25) is 23.1 Å². The smallest absolute Gasteiger partial charge is 0.228 e. The van der Waals surface area contributed by atoms with Gasteiger partial charge in [-0.1, -0.05) is 0 Å². The largest absolute Gasteiger partial charge is 0.489 e. The van der Waals surface area contributed by atoms with Crippen LogP contribution in [0.3, 0.4) is 0 Å². The van der Waals surface area contributed by atoms with E-state index in [1.807, 2.05) is 14.1 Å². The number of unbranched alkanes of at least 4 members (excludes halogenated alkanes) is 1. The monoisotopic (exact) mass is 281 g/mol. The van der Waals surface area contributed by atoms with Crippen LogP contribution in [0.25, 0.3) is 0 Å². The highest BCUT2D eigenvalue weighted by molar-refractivity contribution is 6.23. The summed E-state index contributed by atoms with van der Waals surface area (Å²) < 4.78 is 10.0. The zero-order valence-corrected chi connectivity index (χ0v) is 12.9. The van der Waals surface area contributed by atoms with E-state index in [0.29, 0.717) is 17.6 Å². The molecule has 1 aliphatic carbocycles. The van der Waals surface area contributed by atoms with E-state index < -0.39 is 0 Å². The first-order valence-corrected chi connectivity index (χ1v) is 6.70. The molecule has 0 atom stereocenters. The van der Waals surface area contributed by atoms with Gasteiger partial charge in [-0.15, -0.1) is 0 Å². The van der Waals surface area contributed by atoms with Crippen molar-refractivity contribution in [1.29, 1.82) is 0 Å². The number of rotatable bonds is 7. The van der Waals surface area contributed by atoms with E-state index in [2.05, 4.69) is 4.90 Å². The van der Waals surface area contributed by atoms with Crippen LogP contribution in [0.2, 0.25) is 0 Å². The summed E-state index contributed by atoms with van der Waals surface area (Å²) in [6, 6.07) is 0. The predicted octanol–water partition coefficient (Wildman–Crippen LogP) is 1.69. The number of hydrogen-bond acceptors (Lipinski definition) is 5. The number of ketones is 2. The molecule has 0 spiro atoms.